The molecular formula is C13H9BrFNO3S. The van der Waals surface area contributed by atoms with E-state index in [1.807, 2.05) is 0 Å². The van der Waals surface area contributed by atoms with Crippen molar-refractivity contribution >= 4 is 44.8 Å². The molecule has 0 spiro atoms. The second-order valence-corrected chi connectivity index (χ2v) is 6.20. The van der Waals surface area contributed by atoms with Gasteiger partial charge in [0.1, 0.15) is 10.7 Å². The van der Waals surface area contributed by atoms with Gasteiger partial charge in [0.2, 0.25) is 0 Å². The highest BCUT2D eigenvalue weighted by Gasteiger charge is 2.12. The van der Waals surface area contributed by atoms with E-state index in [4.69, 9.17) is 4.74 Å². The van der Waals surface area contributed by atoms with Gasteiger partial charge < -0.3 is 10.1 Å². The van der Waals surface area contributed by atoms with Crippen molar-refractivity contribution in [2.45, 2.75) is 0 Å². The van der Waals surface area contributed by atoms with E-state index in [2.05, 4.69) is 21.2 Å². The summed E-state index contributed by atoms with van der Waals surface area (Å²) < 4.78 is 18.4. The zero-order valence-electron chi connectivity index (χ0n) is 10.1. The van der Waals surface area contributed by atoms with E-state index < -0.39 is 24.3 Å². The number of thiophene rings is 1. The van der Waals surface area contributed by atoms with Crippen molar-refractivity contribution in [3.63, 3.8) is 0 Å². The predicted octanol–water partition coefficient (Wildman–Crippen LogP) is 3.45. The molecule has 0 atom stereocenters. The Morgan fingerprint density at radius 1 is 1.20 bits per heavy atom. The van der Waals surface area contributed by atoms with Gasteiger partial charge in [-0.25, -0.2) is 9.18 Å². The van der Waals surface area contributed by atoms with Crippen molar-refractivity contribution in [3.05, 3.63) is 50.9 Å². The lowest BCUT2D eigenvalue weighted by molar-refractivity contribution is -0.119. The van der Waals surface area contributed by atoms with E-state index >= 15 is 0 Å². The first-order valence-corrected chi connectivity index (χ1v) is 7.13. The van der Waals surface area contributed by atoms with Crippen molar-refractivity contribution in [1.29, 1.82) is 0 Å². The second-order valence-electron chi connectivity index (χ2n) is 3.73. The molecule has 0 radical (unpaired) electrons. The van der Waals surface area contributed by atoms with E-state index in [0.29, 0.717) is 10.6 Å². The largest absolute Gasteiger partial charge is 0.451 e. The maximum atomic E-state index is 12.7. The van der Waals surface area contributed by atoms with Crippen LogP contribution in [0.1, 0.15) is 9.67 Å². The molecule has 1 aromatic carbocycles. The van der Waals surface area contributed by atoms with Crippen molar-refractivity contribution in [2.24, 2.45) is 0 Å². The van der Waals surface area contributed by atoms with Gasteiger partial charge in [0.25, 0.3) is 5.91 Å². The molecule has 20 heavy (non-hydrogen) atoms. The lowest BCUT2D eigenvalue weighted by Gasteiger charge is -2.05. The van der Waals surface area contributed by atoms with Crippen molar-refractivity contribution in [3.8, 4) is 0 Å². The molecule has 0 aliphatic heterocycles. The maximum absolute atomic E-state index is 12.7. The number of esters is 1. The standard InChI is InChI=1S/C13H9BrFNO3S/c14-11-6-5-10(20-11)13(18)19-7-12(17)16-9-3-1-8(15)2-4-9/h1-6H,7H2,(H,16,17). The second kappa shape index (κ2) is 6.62. The van der Waals surface area contributed by atoms with Gasteiger partial charge in [-0.1, -0.05) is 0 Å². The molecule has 0 saturated carbocycles. The number of benzene rings is 1. The van der Waals surface area contributed by atoms with Gasteiger partial charge in [0.15, 0.2) is 6.61 Å². The Morgan fingerprint density at radius 3 is 2.50 bits per heavy atom. The average molecular weight is 358 g/mol. The highest BCUT2D eigenvalue weighted by atomic mass is 79.9. The van der Waals surface area contributed by atoms with Gasteiger partial charge in [-0.05, 0) is 52.3 Å². The molecule has 4 nitrogen and oxygen atoms in total. The minimum atomic E-state index is -0.560. The lowest BCUT2D eigenvalue weighted by Crippen LogP contribution is -2.20. The Balaban J connectivity index is 1.83. The molecule has 0 aliphatic carbocycles. The fourth-order valence-corrected chi connectivity index (χ4v) is 2.64. The summed E-state index contributed by atoms with van der Waals surface area (Å²) in [5, 5.41) is 2.49. The first-order valence-electron chi connectivity index (χ1n) is 5.52. The van der Waals surface area contributed by atoms with Crippen molar-refractivity contribution < 1.29 is 18.7 Å². The topological polar surface area (TPSA) is 55.4 Å². The molecule has 0 saturated heterocycles. The molecule has 1 aromatic heterocycles. The predicted molar refractivity (Wildman–Crippen MR) is 77.3 cm³/mol. The molecule has 0 aliphatic rings. The molecular weight excluding hydrogens is 349 g/mol. The van der Waals surface area contributed by atoms with Crippen LogP contribution in [0.4, 0.5) is 10.1 Å². The van der Waals surface area contributed by atoms with Crippen LogP contribution in [0.3, 0.4) is 0 Å². The van der Waals surface area contributed by atoms with Gasteiger partial charge in [0, 0.05) is 5.69 Å². The third kappa shape index (κ3) is 4.14. The average Bonchev–Trinajstić information content (AvgIpc) is 2.85. The van der Waals surface area contributed by atoms with E-state index in [9.17, 15) is 14.0 Å². The summed E-state index contributed by atoms with van der Waals surface area (Å²) >= 11 is 4.45. The number of hydrogen-bond acceptors (Lipinski definition) is 4. The summed E-state index contributed by atoms with van der Waals surface area (Å²) in [6.45, 7) is -0.397. The van der Waals surface area contributed by atoms with Crippen LogP contribution in [-0.2, 0) is 9.53 Å². The minimum Gasteiger partial charge on any atom is -0.451 e. The van der Waals surface area contributed by atoms with Gasteiger partial charge in [-0.15, -0.1) is 11.3 Å². The smallest absolute Gasteiger partial charge is 0.348 e. The Bertz CT molecular complexity index is 627. The first-order chi connectivity index (χ1) is 9.54. The summed E-state index contributed by atoms with van der Waals surface area (Å²) in [5.74, 6) is -1.44. The maximum Gasteiger partial charge on any atom is 0.348 e. The molecule has 2 rings (SSSR count). The first kappa shape index (κ1) is 14.7. The fourth-order valence-electron chi connectivity index (χ4n) is 1.36. The van der Waals surface area contributed by atoms with Crippen LogP contribution < -0.4 is 5.32 Å². The number of nitrogens with one attached hydrogen (secondary N) is 1. The highest BCUT2D eigenvalue weighted by Crippen LogP contribution is 2.22. The third-order valence-electron chi connectivity index (χ3n) is 2.24. The van der Waals surface area contributed by atoms with Gasteiger partial charge in [-0.2, -0.15) is 0 Å². The summed E-state index contributed by atoms with van der Waals surface area (Å²) in [6.07, 6.45) is 0. The number of anilines is 1. The number of rotatable bonds is 4. The number of hydrogen-bond donors (Lipinski definition) is 1. The summed E-state index contributed by atoms with van der Waals surface area (Å²) in [4.78, 5) is 23.6. The Labute approximate surface area is 126 Å². The van der Waals surface area contributed by atoms with Crippen LogP contribution in [-0.4, -0.2) is 18.5 Å². The molecule has 104 valence electrons. The number of halogens is 2. The fraction of sp³-hybridized carbons (Fsp3) is 0.0769. The van der Waals surface area contributed by atoms with E-state index in [1.165, 1.54) is 35.6 Å². The SMILES string of the molecule is O=C(COC(=O)c1ccc(Br)s1)Nc1ccc(F)cc1. The highest BCUT2D eigenvalue weighted by molar-refractivity contribution is 9.11. The van der Waals surface area contributed by atoms with E-state index in [-0.39, 0.29) is 0 Å². The number of carbonyl (C=O) groups is 2. The number of amides is 1. The molecule has 0 bridgehead atoms. The Hall–Kier alpha value is -1.73. The van der Waals surface area contributed by atoms with Crippen LogP contribution in [0, 0.1) is 5.82 Å². The number of carbonyl (C=O) groups excluding carboxylic acids is 2. The molecule has 0 fully saturated rings. The van der Waals surface area contributed by atoms with Crippen LogP contribution in [0.15, 0.2) is 40.2 Å². The molecule has 2 aromatic rings. The van der Waals surface area contributed by atoms with Gasteiger partial charge in [-0.3, -0.25) is 4.79 Å². The molecule has 1 N–H and O–H groups in total. The van der Waals surface area contributed by atoms with Crippen molar-refractivity contribution in [2.75, 3.05) is 11.9 Å². The Kier molecular flexibility index (Phi) is 4.86. The van der Waals surface area contributed by atoms with Gasteiger partial charge >= 0.3 is 5.97 Å². The third-order valence-corrected chi connectivity index (χ3v) is 3.84. The molecule has 7 heteroatoms. The molecule has 0 unspecified atom stereocenters. The molecule has 1 amide bonds. The van der Waals surface area contributed by atoms with Crippen molar-refractivity contribution in [1.82, 2.24) is 0 Å². The van der Waals surface area contributed by atoms with Crippen LogP contribution in [0.25, 0.3) is 0 Å². The monoisotopic (exact) mass is 357 g/mol. The van der Waals surface area contributed by atoms with E-state index in [0.717, 1.165) is 3.79 Å². The quantitative estimate of drug-likeness (QED) is 0.852. The Morgan fingerprint density at radius 2 is 1.90 bits per heavy atom. The zero-order chi connectivity index (χ0) is 14.5. The van der Waals surface area contributed by atoms with Crippen LogP contribution >= 0.6 is 27.3 Å². The van der Waals surface area contributed by atoms with Gasteiger partial charge in [0.05, 0.1) is 3.79 Å². The van der Waals surface area contributed by atoms with Crippen LogP contribution in [0.2, 0.25) is 0 Å². The van der Waals surface area contributed by atoms with Crippen LogP contribution in [0.5, 0.6) is 0 Å². The summed E-state index contributed by atoms with van der Waals surface area (Å²) in [5.41, 5.74) is 0.436. The normalized spacial score (nSPS) is 10.1. The number of ether oxygens (including phenoxy) is 1. The summed E-state index contributed by atoms with van der Waals surface area (Å²) in [7, 11) is 0. The minimum absolute atomic E-state index is 0.391. The molecule has 1 heterocycles. The van der Waals surface area contributed by atoms with E-state index in [1.54, 1.807) is 12.1 Å². The lowest BCUT2D eigenvalue weighted by atomic mass is 10.3. The summed E-state index contributed by atoms with van der Waals surface area (Å²) in [6, 6.07) is 8.63. The zero-order valence-corrected chi connectivity index (χ0v) is 12.5.